The third-order valence-electron chi connectivity index (χ3n) is 3.15. The van der Waals surface area contributed by atoms with Crippen LogP contribution in [-0.4, -0.2) is 38.8 Å². The van der Waals surface area contributed by atoms with Gasteiger partial charge in [-0.25, -0.2) is 0 Å². The van der Waals surface area contributed by atoms with Crippen molar-refractivity contribution in [2.45, 2.75) is 39.3 Å². The van der Waals surface area contributed by atoms with Gasteiger partial charge in [-0.1, -0.05) is 13.0 Å². The number of hydrogen-bond donors (Lipinski definition) is 2. The molecule has 0 radical (unpaired) electrons. The summed E-state index contributed by atoms with van der Waals surface area (Å²) in [4.78, 5) is 4.20. The standard InChI is InChI=1S/C16H27N3O2.HI/c1-6-12(2)19-16(17-4)18-11-13(3)21-15-9-7-8-14(10-15)20-5;/h7-10,12-13H,6,11H2,1-5H3,(H2,17,18,19);1H. The van der Waals surface area contributed by atoms with Gasteiger partial charge in [-0.05, 0) is 32.4 Å². The fourth-order valence-corrected chi connectivity index (χ4v) is 1.72. The number of halogens is 1. The molecular formula is C16H28IN3O2. The molecule has 5 nitrogen and oxygen atoms in total. The van der Waals surface area contributed by atoms with E-state index in [1.54, 1.807) is 14.2 Å². The van der Waals surface area contributed by atoms with Gasteiger partial charge in [0.1, 0.15) is 17.6 Å². The molecule has 126 valence electrons. The molecule has 0 aliphatic rings. The number of hydrogen-bond acceptors (Lipinski definition) is 3. The maximum atomic E-state index is 5.86. The summed E-state index contributed by atoms with van der Waals surface area (Å²) in [6.07, 6.45) is 1.07. The monoisotopic (exact) mass is 421 g/mol. The van der Waals surface area contributed by atoms with Crippen LogP contribution in [0.25, 0.3) is 0 Å². The number of aliphatic imine (C=N–C) groups is 1. The Morgan fingerprint density at radius 2 is 1.95 bits per heavy atom. The highest BCUT2D eigenvalue weighted by atomic mass is 127. The van der Waals surface area contributed by atoms with E-state index in [1.807, 2.05) is 31.2 Å². The van der Waals surface area contributed by atoms with Gasteiger partial charge in [0.25, 0.3) is 0 Å². The van der Waals surface area contributed by atoms with E-state index in [1.165, 1.54) is 0 Å². The molecular weight excluding hydrogens is 393 g/mol. The number of nitrogens with zero attached hydrogens (tertiary/aromatic N) is 1. The molecule has 6 heteroatoms. The summed E-state index contributed by atoms with van der Waals surface area (Å²) in [7, 11) is 3.42. The highest BCUT2D eigenvalue weighted by molar-refractivity contribution is 14.0. The molecule has 0 amide bonds. The van der Waals surface area contributed by atoms with Gasteiger partial charge in [0.05, 0.1) is 13.7 Å². The van der Waals surface area contributed by atoms with Crippen molar-refractivity contribution in [2.75, 3.05) is 20.7 Å². The van der Waals surface area contributed by atoms with Crippen LogP contribution in [-0.2, 0) is 0 Å². The van der Waals surface area contributed by atoms with Gasteiger partial charge >= 0.3 is 0 Å². The minimum Gasteiger partial charge on any atom is -0.497 e. The normalized spacial score (nSPS) is 13.6. The maximum Gasteiger partial charge on any atom is 0.191 e. The molecule has 0 aliphatic carbocycles. The lowest BCUT2D eigenvalue weighted by Crippen LogP contribution is -2.45. The maximum absolute atomic E-state index is 5.86. The molecule has 0 fully saturated rings. The zero-order valence-corrected chi connectivity index (χ0v) is 16.4. The van der Waals surface area contributed by atoms with Crippen LogP contribution in [0.1, 0.15) is 27.2 Å². The van der Waals surface area contributed by atoms with Crippen LogP contribution in [0.3, 0.4) is 0 Å². The second kappa shape index (κ2) is 11.4. The highest BCUT2D eigenvalue weighted by Crippen LogP contribution is 2.19. The Morgan fingerprint density at radius 3 is 2.55 bits per heavy atom. The fourth-order valence-electron chi connectivity index (χ4n) is 1.72. The van der Waals surface area contributed by atoms with Crippen molar-refractivity contribution >= 4 is 29.9 Å². The predicted octanol–water partition coefficient (Wildman–Crippen LogP) is 3.04. The van der Waals surface area contributed by atoms with Crippen molar-refractivity contribution in [1.82, 2.24) is 10.6 Å². The number of ether oxygens (including phenoxy) is 2. The van der Waals surface area contributed by atoms with Gasteiger partial charge in [-0.15, -0.1) is 24.0 Å². The third kappa shape index (κ3) is 7.72. The largest absolute Gasteiger partial charge is 0.497 e. The molecule has 22 heavy (non-hydrogen) atoms. The van der Waals surface area contributed by atoms with Gasteiger partial charge in [0.15, 0.2) is 5.96 Å². The van der Waals surface area contributed by atoms with Crippen LogP contribution >= 0.6 is 24.0 Å². The van der Waals surface area contributed by atoms with Crippen molar-refractivity contribution < 1.29 is 9.47 Å². The van der Waals surface area contributed by atoms with Crippen molar-refractivity contribution in [2.24, 2.45) is 4.99 Å². The highest BCUT2D eigenvalue weighted by Gasteiger charge is 2.07. The summed E-state index contributed by atoms with van der Waals surface area (Å²) in [5.74, 6) is 2.39. The molecule has 2 N–H and O–H groups in total. The first kappa shape index (κ1) is 20.8. The Morgan fingerprint density at radius 1 is 1.27 bits per heavy atom. The number of benzene rings is 1. The number of methoxy groups -OCH3 is 1. The Bertz CT molecular complexity index is 455. The minimum atomic E-state index is 0. The topological polar surface area (TPSA) is 54.9 Å². The third-order valence-corrected chi connectivity index (χ3v) is 3.15. The molecule has 1 rings (SSSR count). The molecule has 2 unspecified atom stereocenters. The first-order chi connectivity index (χ1) is 10.1. The fraction of sp³-hybridized carbons (Fsp3) is 0.562. The summed E-state index contributed by atoms with van der Waals surface area (Å²) >= 11 is 0. The summed E-state index contributed by atoms with van der Waals surface area (Å²) in [5, 5.41) is 6.58. The second-order valence-electron chi connectivity index (χ2n) is 5.01. The minimum absolute atomic E-state index is 0. The first-order valence-electron chi connectivity index (χ1n) is 7.36. The molecule has 0 aromatic heterocycles. The first-order valence-corrected chi connectivity index (χ1v) is 7.36. The Kier molecular flexibility index (Phi) is 10.8. The molecule has 0 spiro atoms. The van der Waals surface area contributed by atoms with E-state index < -0.39 is 0 Å². The van der Waals surface area contributed by atoms with E-state index in [0.717, 1.165) is 23.9 Å². The number of nitrogens with one attached hydrogen (secondary N) is 2. The van der Waals surface area contributed by atoms with Gasteiger partial charge in [-0.3, -0.25) is 4.99 Å². The van der Waals surface area contributed by atoms with Crippen molar-refractivity contribution in [3.05, 3.63) is 24.3 Å². The zero-order chi connectivity index (χ0) is 15.7. The Hall–Kier alpha value is -1.18. The summed E-state index contributed by atoms with van der Waals surface area (Å²) in [6, 6.07) is 8.00. The van der Waals surface area contributed by atoms with Gasteiger partial charge < -0.3 is 20.1 Å². The lowest BCUT2D eigenvalue weighted by atomic mass is 10.3. The van der Waals surface area contributed by atoms with Crippen LogP contribution in [0.4, 0.5) is 0 Å². The second-order valence-corrected chi connectivity index (χ2v) is 5.01. The average Bonchev–Trinajstić information content (AvgIpc) is 2.51. The summed E-state index contributed by atoms with van der Waals surface area (Å²) in [6.45, 7) is 6.96. The molecule has 1 aromatic carbocycles. The lowest BCUT2D eigenvalue weighted by Gasteiger charge is -2.20. The van der Waals surface area contributed by atoms with E-state index >= 15 is 0 Å². The van der Waals surface area contributed by atoms with Crippen molar-refractivity contribution in [1.29, 1.82) is 0 Å². The summed E-state index contributed by atoms with van der Waals surface area (Å²) in [5.41, 5.74) is 0. The van der Waals surface area contributed by atoms with Gasteiger partial charge in [0.2, 0.25) is 0 Å². The van der Waals surface area contributed by atoms with Crippen LogP contribution in [0.15, 0.2) is 29.3 Å². The van der Waals surface area contributed by atoms with Gasteiger partial charge in [-0.2, -0.15) is 0 Å². The molecule has 1 aromatic rings. The van der Waals surface area contributed by atoms with Crippen LogP contribution < -0.4 is 20.1 Å². The zero-order valence-electron chi connectivity index (χ0n) is 14.1. The number of rotatable bonds is 7. The van der Waals surface area contributed by atoms with E-state index in [9.17, 15) is 0 Å². The number of guanidine groups is 1. The Labute approximate surface area is 150 Å². The van der Waals surface area contributed by atoms with Gasteiger partial charge in [0, 0.05) is 19.2 Å². The van der Waals surface area contributed by atoms with Crippen molar-refractivity contribution in [3.63, 3.8) is 0 Å². The van der Waals surface area contributed by atoms with Crippen LogP contribution in [0, 0.1) is 0 Å². The average molecular weight is 421 g/mol. The predicted molar refractivity (Wildman–Crippen MR) is 103 cm³/mol. The summed E-state index contributed by atoms with van der Waals surface area (Å²) < 4.78 is 11.0. The molecule has 0 aliphatic heterocycles. The van der Waals surface area contributed by atoms with E-state index in [0.29, 0.717) is 12.6 Å². The van der Waals surface area contributed by atoms with Crippen molar-refractivity contribution in [3.8, 4) is 11.5 Å². The lowest BCUT2D eigenvalue weighted by molar-refractivity contribution is 0.223. The molecule has 0 bridgehead atoms. The van der Waals surface area contributed by atoms with E-state index in [2.05, 4.69) is 29.5 Å². The van der Waals surface area contributed by atoms with E-state index in [4.69, 9.17) is 9.47 Å². The smallest absolute Gasteiger partial charge is 0.191 e. The molecule has 2 atom stereocenters. The van der Waals surface area contributed by atoms with Crippen LogP contribution in [0.5, 0.6) is 11.5 Å². The van der Waals surface area contributed by atoms with E-state index in [-0.39, 0.29) is 30.1 Å². The SMILES string of the molecule is CCC(C)NC(=NC)NCC(C)Oc1cccc(OC)c1.I. The van der Waals surface area contributed by atoms with Crippen LogP contribution in [0.2, 0.25) is 0 Å². The quantitative estimate of drug-likeness (QED) is 0.404. The molecule has 0 heterocycles. The Balaban J connectivity index is 0.00000441. The molecule has 0 saturated heterocycles. The molecule has 0 saturated carbocycles.